The SMILES string of the molecule is CCSC1CCCC1NC1CCCc2sccc21. The van der Waals surface area contributed by atoms with Crippen molar-refractivity contribution in [1.29, 1.82) is 0 Å². The Hall–Kier alpha value is 0.0100. The van der Waals surface area contributed by atoms with E-state index in [0.717, 1.165) is 11.3 Å². The van der Waals surface area contributed by atoms with Crippen molar-refractivity contribution in [3.05, 3.63) is 21.9 Å². The first-order valence-corrected chi connectivity index (χ1v) is 9.25. The zero-order valence-electron chi connectivity index (χ0n) is 11.2. The lowest BCUT2D eigenvalue weighted by molar-refractivity contribution is 0.403. The maximum atomic E-state index is 3.98. The van der Waals surface area contributed by atoms with Crippen LogP contribution < -0.4 is 5.32 Å². The van der Waals surface area contributed by atoms with Crippen molar-refractivity contribution in [3.8, 4) is 0 Å². The quantitative estimate of drug-likeness (QED) is 0.878. The van der Waals surface area contributed by atoms with Crippen molar-refractivity contribution >= 4 is 23.1 Å². The second kappa shape index (κ2) is 5.98. The van der Waals surface area contributed by atoms with Crippen molar-refractivity contribution in [2.24, 2.45) is 0 Å². The van der Waals surface area contributed by atoms with Gasteiger partial charge in [0.2, 0.25) is 0 Å². The van der Waals surface area contributed by atoms with Crippen molar-refractivity contribution in [1.82, 2.24) is 5.32 Å². The van der Waals surface area contributed by atoms with Gasteiger partial charge in [0.25, 0.3) is 0 Å². The third kappa shape index (κ3) is 2.63. The smallest absolute Gasteiger partial charge is 0.0334 e. The average molecular weight is 281 g/mol. The monoisotopic (exact) mass is 281 g/mol. The molecule has 1 aromatic heterocycles. The summed E-state index contributed by atoms with van der Waals surface area (Å²) >= 11 is 4.11. The second-order valence-corrected chi connectivity index (χ2v) is 7.96. The first-order valence-electron chi connectivity index (χ1n) is 7.32. The number of fused-ring (bicyclic) bond motifs is 1. The molecular formula is C15H23NS2. The van der Waals surface area contributed by atoms with E-state index >= 15 is 0 Å². The molecule has 0 aliphatic heterocycles. The first-order chi connectivity index (χ1) is 8.88. The molecule has 0 saturated heterocycles. The van der Waals surface area contributed by atoms with Gasteiger partial charge in [0.05, 0.1) is 0 Å². The van der Waals surface area contributed by atoms with E-state index in [2.05, 4.69) is 35.4 Å². The van der Waals surface area contributed by atoms with Crippen molar-refractivity contribution in [2.45, 2.75) is 62.8 Å². The molecule has 0 bridgehead atoms. The molecule has 3 atom stereocenters. The van der Waals surface area contributed by atoms with Gasteiger partial charge < -0.3 is 5.32 Å². The van der Waals surface area contributed by atoms with E-state index in [0.29, 0.717) is 6.04 Å². The molecule has 3 heteroatoms. The van der Waals surface area contributed by atoms with Crippen LogP contribution in [0.25, 0.3) is 0 Å². The summed E-state index contributed by atoms with van der Waals surface area (Å²) in [7, 11) is 0. The second-order valence-electron chi connectivity index (χ2n) is 5.44. The van der Waals surface area contributed by atoms with E-state index in [1.807, 2.05) is 11.3 Å². The van der Waals surface area contributed by atoms with Crippen LogP contribution in [0.4, 0.5) is 0 Å². The zero-order valence-corrected chi connectivity index (χ0v) is 12.8. The summed E-state index contributed by atoms with van der Waals surface area (Å²) in [6, 6.07) is 3.75. The van der Waals surface area contributed by atoms with Crippen LogP contribution in [0.15, 0.2) is 11.4 Å². The van der Waals surface area contributed by atoms with E-state index < -0.39 is 0 Å². The number of nitrogens with one attached hydrogen (secondary N) is 1. The molecule has 3 unspecified atom stereocenters. The Bertz CT molecular complexity index is 388. The molecule has 2 aliphatic rings. The van der Waals surface area contributed by atoms with Crippen LogP contribution in [-0.4, -0.2) is 17.0 Å². The summed E-state index contributed by atoms with van der Waals surface area (Å²) < 4.78 is 0. The van der Waals surface area contributed by atoms with E-state index in [1.54, 1.807) is 10.4 Å². The Labute approximate surface area is 119 Å². The Balaban J connectivity index is 1.67. The summed E-state index contributed by atoms with van der Waals surface area (Å²) in [5.41, 5.74) is 1.61. The summed E-state index contributed by atoms with van der Waals surface area (Å²) in [4.78, 5) is 1.64. The molecule has 3 rings (SSSR count). The van der Waals surface area contributed by atoms with Crippen molar-refractivity contribution < 1.29 is 0 Å². The largest absolute Gasteiger partial charge is 0.306 e. The molecule has 0 amide bonds. The van der Waals surface area contributed by atoms with Gasteiger partial charge in [0, 0.05) is 22.2 Å². The molecule has 1 saturated carbocycles. The predicted molar refractivity (Wildman–Crippen MR) is 82.7 cm³/mol. The van der Waals surface area contributed by atoms with Gasteiger partial charge in [-0.25, -0.2) is 0 Å². The van der Waals surface area contributed by atoms with Crippen LogP contribution in [0.5, 0.6) is 0 Å². The fraction of sp³-hybridized carbons (Fsp3) is 0.733. The molecular weight excluding hydrogens is 258 g/mol. The van der Waals surface area contributed by atoms with Crippen LogP contribution in [0.3, 0.4) is 0 Å². The van der Waals surface area contributed by atoms with Crippen LogP contribution in [0.2, 0.25) is 0 Å². The lowest BCUT2D eigenvalue weighted by Gasteiger charge is -2.29. The molecule has 0 radical (unpaired) electrons. The molecule has 0 spiro atoms. The van der Waals surface area contributed by atoms with Crippen LogP contribution in [-0.2, 0) is 6.42 Å². The summed E-state index contributed by atoms with van der Waals surface area (Å²) in [6.45, 7) is 2.29. The van der Waals surface area contributed by atoms with Gasteiger partial charge in [0.15, 0.2) is 0 Å². The fourth-order valence-electron chi connectivity index (χ4n) is 3.45. The minimum atomic E-state index is 0.642. The number of hydrogen-bond donors (Lipinski definition) is 1. The minimum Gasteiger partial charge on any atom is -0.306 e. The molecule has 1 aromatic rings. The van der Waals surface area contributed by atoms with Crippen molar-refractivity contribution in [3.63, 3.8) is 0 Å². The van der Waals surface area contributed by atoms with E-state index in [4.69, 9.17) is 0 Å². The van der Waals surface area contributed by atoms with Gasteiger partial charge >= 0.3 is 0 Å². The molecule has 1 N–H and O–H groups in total. The highest BCUT2D eigenvalue weighted by molar-refractivity contribution is 7.99. The number of aryl methyl sites for hydroxylation is 1. The zero-order chi connectivity index (χ0) is 12.4. The van der Waals surface area contributed by atoms with Gasteiger partial charge in [-0.3, -0.25) is 0 Å². The standard InChI is InChI=1S/C15H23NS2/c1-2-17-15-8-4-6-13(15)16-12-5-3-7-14-11(12)9-10-18-14/h9-10,12-13,15-16H,2-8H2,1H3. The van der Waals surface area contributed by atoms with Crippen LogP contribution in [0, 0.1) is 0 Å². The number of hydrogen-bond acceptors (Lipinski definition) is 3. The summed E-state index contributed by atoms with van der Waals surface area (Å²) in [5, 5.41) is 7.12. The van der Waals surface area contributed by atoms with Gasteiger partial charge in [-0.1, -0.05) is 13.3 Å². The maximum Gasteiger partial charge on any atom is 0.0334 e. The third-order valence-electron chi connectivity index (χ3n) is 4.30. The Morgan fingerprint density at radius 2 is 2.28 bits per heavy atom. The third-order valence-corrected chi connectivity index (χ3v) is 6.62. The molecule has 18 heavy (non-hydrogen) atoms. The lowest BCUT2D eigenvalue weighted by Crippen LogP contribution is -2.38. The van der Waals surface area contributed by atoms with Gasteiger partial charge in [-0.15, -0.1) is 11.3 Å². The Morgan fingerprint density at radius 1 is 1.33 bits per heavy atom. The highest BCUT2D eigenvalue weighted by Crippen LogP contribution is 2.36. The Kier molecular flexibility index (Phi) is 4.32. The van der Waals surface area contributed by atoms with E-state index in [9.17, 15) is 0 Å². The lowest BCUT2D eigenvalue weighted by atomic mass is 9.93. The number of thioether (sulfide) groups is 1. The van der Waals surface area contributed by atoms with Gasteiger partial charge in [-0.2, -0.15) is 11.8 Å². The average Bonchev–Trinajstić information content (AvgIpc) is 3.00. The molecule has 1 nitrogen and oxygen atoms in total. The van der Waals surface area contributed by atoms with Crippen LogP contribution in [0.1, 0.15) is 55.5 Å². The first kappa shape index (κ1) is 13.0. The summed E-state index contributed by atoms with van der Waals surface area (Å²) in [5.74, 6) is 1.26. The predicted octanol–water partition coefficient (Wildman–Crippen LogP) is 4.39. The number of thiophene rings is 1. The van der Waals surface area contributed by atoms with Gasteiger partial charge in [-0.05, 0) is 54.9 Å². The highest BCUT2D eigenvalue weighted by Gasteiger charge is 2.31. The molecule has 100 valence electrons. The van der Waals surface area contributed by atoms with E-state index in [-0.39, 0.29) is 0 Å². The topological polar surface area (TPSA) is 12.0 Å². The molecule has 2 aliphatic carbocycles. The molecule has 1 fully saturated rings. The van der Waals surface area contributed by atoms with E-state index in [1.165, 1.54) is 44.3 Å². The fourth-order valence-corrected chi connectivity index (χ4v) is 5.64. The molecule has 1 heterocycles. The van der Waals surface area contributed by atoms with Gasteiger partial charge in [0.1, 0.15) is 0 Å². The normalized spacial score (nSPS) is 31.5. The number of rotatable bonds is 4. The minimum absolute atomic E-state index is 0.642. The highest BCUT2D eigenvalue weighted by atomic mass is 32.2. The van der Waals surface area contributed by atoms with Crippen LogP contribution >= 0.6 is 23.1 Å². The Morgan fingerprint density at radius 3 is 3.17 bits per heavy atom. The van der Waals surface area contributed by atoms with Crippen molar-refractivity contribution in [2.75, 3.05) is 5.75 Å². The maximum absolute atomic E-state index is 3.98. The summed E-state index contributed by atoms with van der Waals surface area (Å²) in [6.07, 6.45) is 8.22. The molecule has 0 aromatic carbocycles.